The molecule has 0 spiro atoms. The van der Waals surface area contributed by atoms with Gasteiger partial charge in [-0.05, 0) is 25.5 Å². The lowest BCUT2D eigenvalue weighted by molar-refractivity contribution is 0.278. The average molecular weight is 296 g/mol. The van der Waals surface area contributed by atoms with Crippen LogP contribution in [0.25, 0.3) is 0 Å². The first-order valence-corrected chi connectivity index (χ1v) is 7.56. The summed E-state index contributed by atoms with van der Waals surface area (Å²) in [5.41, 5.74) is 0.343. The smallest absolute Gasteiger partial charge is 0.241 e. The normalized spacial score (nSPS) is 13.3. The van der Waals surface area contributed by atoms with Crippen molar-refractivity contribution in [3.8, 4) is 0 Å². The summed E-state index contributed by atoms with van der Waals surface area (Å²) in [7, 11) is -3.75. The number of rotatable bonds is 5. The van der Waals surface area contributed by atoms with Gasteiger partial charge in [-0.1, -0.05) is 18.2 Å². The maximum atomic E-state index is 12.3. The van der Waals surface area contributed by atoms with E-state index in [0.717, 1.165) is 0 Å². The first kappa shape index (κ1) is 14.7. The minimum absolute atomic E-state index is 0.0534. The fraction of sp³-hybridized carbons (Fsp3) is 0.308. The predicted molar refractivity (Wildman–Crippen MR) is 72.3 cm³/mol. The van der Waals surface area contributed by atoms with Crippen molar-refractivity contribution in [2.24, 2.45) is 0 Å². The van der Waals surface area contributed by atoms with E-state index in [1.165, 1.54) is 12.3 Å². The van der Waals surface area contributed by atoms with Gasteiger partial charge in [0.15, 0.2) is 0 Å². The van der Waals surface area contributed by atoms with E-state index in [2.05, 4.69) is 9.71 Å². The van der Waals surface area contributed by atoms with Crippen LogP contribution in [0.15, 0.2) is 39.8 Å². The van der Waals surface area contributed by atoms with Gasteiger partial charge < -0.3 is 9.52 Å². The van der Waals surface area contributed by atoms with Gasteiger partial charge in [-0.15, -0.1) is 0 Å². The second-order valence-corrected chi connectivity index (χ2v) is 6.10. The monoisotopic (exact) mass is 296 g/mol. The van der Waals surface area contributed by atoms with Gasteiger partial charge in [0.1, 0.15) is 5.76 Å². The van der Waals surface area contributed by atoms with E-state index < -0.39 is 16.1 Å². The van der Waals surface area contributed by atoms with E-state index in [9.17, 15) is 13.5 Å². The Morgan fingerprint density at radius 3 is 2.70 bits per heavy atom. The largest absolute Gasteiger partial charge is 0.444 e. The maximum Gasteiger partial charge on any atom is 0.241 e. The number of benzene rings is 1. The van der Waals surface area contributed by atoms with Crippen molar-refractivity contribution in [1.82, 2.24) is 9.71 Å². The van der Waals surface area contributed by atoms with Crippen molar-refractivity contribution >= 4 is 10.0 Å². The van der Waals surface area contributed by atoms with Gasteiger partial charge in [0.25, 0.3) is 0 Å². The third-order valence-corrected chi connectivity index (χ3v) is 4.42. The van der Waals surface area contributed by atoms with Gasteiger partial charge in [0.05, 0.1) is 23.7 Å². The van der Waals surface area contributed by atoms with Gasteiger partial charge in [-0.2, -0.15) is 4.72 Å². The van der Waals surface area contributed by atoms with Crippen molar-refractivity contribution in [3.05, 3.63) is 47.7 Å². The van der Waals surface area contributed by atoms with Crippen LogP contribution >= 0.6 is 0 Å². The number of nitrogens with zero attached hydrogens (tertiary/aromatic N) is 1. The number of sulfonamides is 1. The number of hydrogen-bond acceptors (Lipinski definition) is 5. The zero-order chi connectivity index (χ0) is 14.8. The second kappa shape index (κ2) is 5.74. The van der Waals surface area contributed by atoms with Crippen LogP contribution in [0.2, 0.25) is 0 Å². The Balaban J connectivity index is 2.27. The third kappa shape index (κ3) is 3.06. The molecule has 0 amide bonds. The van der Waals surface area contributed by atoms with Crippen LogP contribution in [0.4, 0.5) is 0 Å². The Labute approximate surface area is 117 Å². The molecule has 0 fully saturated rings. The molecule has 2 rings (SSSR count). The fourth-order valence-corrected chi connectivity index (χ4v) is 3.24. The summed E-state index contributed by atoms with van der Waals surface area (Å²) in [6.45, 7) is 3.03. The molecule has 1 atom stereocenters. The van der Waals surface area contributed by atoms with E-state index in [0.29, 0.717) is 17.2 Å². The molecular formula is C13H16N2O4S. The highest BCUT2D eigenvalue weighted by Gasteiger charge is 2.23. The summed E-state index contributed by atoms with van der Waals surface area (Å²) >= 11 is 0. The molecule has 1 unspecified atom stereocenters. The zero-order valence-corrected chi connectivity index (χ0v) is 12.0. The minimum atomic E-state index is -3.75. The summed E-state index contributed by atoms with van der Waals surface area (Å²) in [6, 6.07) is 5.69. The minimum Gasteiger partial charge on any atom is -0.444 e. The van der Waals surface area contributed by atoms with Crippen LogP contribution in [0.5, 0.6) is 0 Å². The molecule has 6 nitrogen and oxygen atoms in total. The highest BCUT2D eigenvalue weighted by atomic mass is 32.2. The van der Waals surface area contributed by atoms with Gasteiger partial charge in [0.2, 0.25) is 15.9 Å². The Morgan fingerprint density at radius 1 is 1.40 bits per heavy atom. The molecule has 20 heavy (non-hydrogen) atoms. The molecule has 0 saturated heterocycles. The SMILES string of the molecule is Cc1cnc(C(C)NS(=O)(=O)c2ccccc2CO)o1. The quantitative estimate of drug-likeness (QED) is 0.872. The summed E-state index contributed by atoms with van der Waals surface area (Å²) in [5.74, 6) is 0.911. The van der Waals surface area contributed by atoms with E-state index >= 15 is 0 Å². The lowest BCUT2D eigenvalue weighted by Gasteiger charge is -2.13. The molecule has 0 aliphatic rings. The lowest BCUT2D eigenvalue weighted by atomic mass is 10.2. The average Bonchev–Trinajstić information content (AvgIpc) is 2.85. The number of hydrogen-bond donors (Lipinski definition) is 2. The first-order valence-electron chi connectivity index (χ1n) is 6.07. The Kier molecular flexibility index (Phi) is 4.22. The number of oxazole rings is 1. The zero-order valence-electron chi connectivity index (χ0n) is 11.2. The molecular weight excluding hydrogens is 280 g/mol. The van der Waals surface area contributed by atoms with Crippen molar-refractivity contribution in [2.75, 3.05) is 0 Å². The van der Waals surface area contributed by atoms with Gasteiger partial charge in [0, 0.05) is 0 Å². The Bertz CT molecular complexity index is 694. The molecule has 7 heteroatoms. The molecule has 0 radical (unpaired) electrons. The number of nitrogens with one attached hydrogen (secondary N) is 1. The topological polar surface area (TPSA) is 92.4 Å². The summed E-state index contributed by atoms with van der Waals surface area (Å²) < 4.78 is 32.4. The van der Waals surface area contributed by atoms with Crippen molar-refractivity contribution < 1.29 is 17.9 Å². The predicted octanol–water partition coefficient (Wildman–Crippen LogP) is 1.51. The Hall–Kier alpha value is -1.70. The number of aromatic nitrogens is 1. The molecule has 1 aromatic carbocycles. The van der Waals surface area contributed by atoms with Crippen LogP contribution in [0.3, 0.4) is 0 Å². The fourth-order valence-electron chi connectivity index (χ4n) is 1.82. The summed E-state index contributed by atoms with van der Waals surface area (Å²) in [6.07, 6.45) is 1.53. The molecule has 1 aromatic heterocycles. The number of aryl methyl sites for hydroxylation is 1. The van der Waals surface area contributed by atoms with Crippen LogP contribution < -0.4 is 4.72 Å². The molecule has 108 valence electrons. The van der Waals surface area contributed by atoms with E-state index in [-0.39, 0.29) is 11.5 Å². The van der Waals surface area contributed by atoms with Crippen molar-refractivity contribution in [3.63, 3.8) is 0 Å². The highest BCUT2D eigenvalue weighted by molar-refractivity contribution is 7.89. The first-order chi connectivity index (χ1) is 9.44. The highest BCUT2D eigenvalue weighted by Crippen LogP contribution is 2.19. The molecule has 0 aliphatic heterocycles. The molecule has 0 saturated carbocycles. The third-order valence-electron chi connectivity index (χ3n) is 2.77. The second-order valence-electron chi connectivity index (χ2n) is 4.42. The number of aliphatic hydroxyl groups excluding tert-OH is 1. The van der Waals surface area contributed by atoms with Crippen LogP contribution in [-0.4, -0.2) is 18.5 Å². The van der Waals surface area contributed by atoms with E-state index in [4.69, 9.17) is 4.42 Å². The molecule has 0 aliphatic carbocycles. The van der Waals surface area contributed by atoms with Crippen LogP contribution in [0, 0.1) is 6.92 Å². The van der Waals surface area contributed by atoms with Crippen molar-refractivity contribution in [1.29, 1.82) is 0 Å². The Morgan fingerprint density at radius 2 is 2.10 bits per heavy atom. The standard InChI is InChI=1S/C13H16N2O4S/c1-9-7-14-13(19-9)10(2)15-20(17,18)12-6-4-3-5-11(12)8-16/h3-7,10,15-16H,8H2,1-2H3. The molecule has 0 bridgehead atoms. The lowest BCUT2D eigenvalue weighted by Crippen LogP contribution is -2.28. The van der Waals surface area contributed by atoms with Gasteiger partial charge in [-0.25, -0.2) is 13.4 Å². The maximum absolute atomic E-state index is 12.3. The molecule has 2 aromatic rings. The van der Waals surface area contributed by atoms with Gasteiger partial charge in [-0.3, -0.25) is 0 Å². The molecule has 2 N–H and O–H groups in total. The van der Waals surface area contributed by atoms with Crippen molar-refractivity contribution in [2.45, 2.75) is 31.4 Å². The van der Waals surface area contributed by atoms with E-state index in [1.807, 2.05) is 0 Å². The molecule has 1 heterocycles. The van der Waals surface area contributed by atoms with Crippen LogP contribution in [0.1, 0.15) is 30.2 Å². The summed E-state index contributed by atoms with van der Waals surface area (Å²) in [5, 5.41) is 9.21. The van der Waals surface area contributed by atoms with Gasteiger partial charge >= 0.3 is 0 Å². The number of aliphatic hydroxyl groups is 1. The van der Waals surface area contributed by atoms with Crippen LogP contribution in [-0.2, 0) is 16.6 Å². The van der Waals surface area contributed by atoms with E-state index in [1.54, 1.807) is 32.0 Å². The summed E-state index contributed by atoms with van der Waals surface area (Å²) in [4.78, 5) is 4.05.